The first-order valence-electron chi connectivity index (χ1n) is 14.5. The molecule has 0 fully saturated rings. The maximum Gasteiger partial charge on any atom is 0.333 e. The number of carbonyl (C=O) groups excluding carboxylic acids is 1. The second-order valence-electron chi connectivity index (χ2n) is 11.2. The monoisotopic (exact) mass is 630 g/mol. The highest BCUT2D eigenvalue weighted by molar-refractivity contribution is 7.21. The number of ether oxygens (including phenoxy) is 2. The summed E-state index contributed by atoms with van der Waals surface area (Å²) in [4.78, 5) is 43.5. The van der Waals surface area contributed by atoms with E-state index in [2.05, 4.69) is 15.5 Å². The molecule has 0 saturated carbocycles. The van der Waals surface area contributed by atoms with Crippen molar-refractivity contribution in [3.63, 3.8) is 0 Å². The van der Waals surface area contributed by atoms with Gasteiger partial charge in [-0.05, 0) is 59.2 Å². The van der Waals surface area contributed by atoms with Crippen LogP contribution in [0.3, 0.4) is 0 Å². The number of hydrogen-bond donors (Lipinski definition) is 2. The Hall–Kier alpha value is -3.88. The van der Waals surface area contributed by atoms with E-state index in [-0.39, 0.29) is 31.2 Å². The van der Waals surface area contributed by atoms with E-state index in [1.54, 1.807) is 20.8 Å². The van der Waals surface area contributed by atoms with E-state index in [4.69, 9.17) is 9.47 Å². The predicted octanol–water partition coefficient (Wildman–Crippen LogP) is 3.44. The molecular formula is C30H39FN6O6S. The van der Waals surface area contributed by atoms with E-state index < -0.39 is 34.6 Å². The second kappa shape index (κ2) is 13.8. The van der Waals surface area contributed by atoms with Gasteiger partial charge in [0, 0.05) is 17.2 Å². The minimum Gasteiger partial charge on any atom is -0.493 e. The molecule has 0 bridgehead atoms. The minimum absolute atomic E-state index is 0.110. The van der Waals surface area contributed by atoms with E-state index in [0.29, 0.717) is 33.3 Å². The molecule has 1 amide bonds. The molecule has 3 aromatic heterocycles. The summed E-state index contributed by atoms with van der Waals surface area (Å²) >= 11 is 1.14. The SMILES string of the molecule is CCCCOc1ccc(F)cc1[C@H](Cn1c(=O)n(C(C)(C)C(=O)NC(C)C)c(=O)c2c(C)c(-n3nccn3)sc21)OCCO. The van der Waals surface area contributed by atoms with Gasteiger partial charge in [-0.3, -0.25) is 14.2 Å². The van der Waals surface area contributed by atoms with E-state index >= 15 is 0 Å². The summed E-state index contributed by atoms with van der Waals surface area (Å²) in [5.74, 6) is -0.668. The van der Waals surface area contributed by atoms with Crippen molar-refractivity contribution < 1.29 is 23.8 Å². The number of aryl methyl sites for hydroxylation is 1. The number of aromatic nitrogens is 5. The minimum atomic E-state index is -1.58. The number of fused-ring (bicyclic) bond motifs is 1. The van der Waals surface area contributed by atoms with Gasteiger partial charge in [-0.15, -0.1) is 4.80 Å². The zero-order valence-electron chi connectivity index (χ0n) is 25.8. The number of thiophene rings is 1. The smallest absolute Gasteiger partial charge is 0.333 e. The van der Waals surface area contributed by atoms with Crippen molar-refractivity contribution in [2.45, 2.75) is 78.6 Å². The fourth-order valence-corrected chi connectivity index (χ4v) is 6.09. The van der Waals surface area contributed by atoms with Crippen LogP contribution < -0.4 is 21.3 Å². The van der Waals surface area contributed by atoms with Crippen molar-refractivity contribution in [1.82, 2.24) is 29.4 Å². The Morgan fingerprint density at radius 1 is 1.18 bits per heavy atom. The number of rotatable bonds is 14. The molecule has 44 heavy (non-hydrogen) atoms. The van der Waals surface area contributed by atoms with Gasteiger partial charge in [-0.2, -0.15) is 10.2 Å². The van der Waals surface area contributed by atoms with Crippen molar-refractivity contribution in [2.24, 2.45) is 0 Å². The maximum absolute atomic E-state index is 14.6. The number of carbonyl (C=O) groups is 1. The molecule has 0 aliphatic carbocycles. The average molecular weight is 631 g/mol. The molecule has 0 spiro atoms. The van der Waals surface area contributed by atoms with Crippen LogP contribution in [0.2, 0.25) is 0 Å². The maximum atomic E-state index is 14.6. The Labute approximate surface area is 258 Å². The molecule has 1 atom stereocenters. The van der Waals surface area contributed by atoms with Crippen LogP contribution in [-0.2, 0) is 21.6 Å². The quantitative estimate of drug-likeness (QED) is 0.202. The van der Waals surface area contributed by atoms with Crippen molar-refractivity contribution in [3.05, 3.63) is 68.4 Å². The summed E-state index contributed by atoms with van der Waals surface area (Å²) in [6.45, 7) is 10.1. The lowest BCUT2D eigenvalue weighted by atomic mass is 10.0. The molecule has 0 aliphatic heterocycles. The number of aliphatic hydroxyl groups excluding tert-OH is 1. The van der Waals surface area contributed by atoms with Crippen LogP contribution >= 0.6 is 11.3 Å². The molecule has 0 saturated heterocycles. The fourth-order valence-electron chi connectivity index (χ4n) is 4.87. The molecular weight excluding hydrogens is 591 g/mol. The second-order valence-corrected chi connectivity index (χ2v) is 12.2. The molecule has 2 N–H and O–H groups in total. The van der Waals surface area contributed by atoms with Crippen LogP contribution in [-0.4, -0.2) is 61.0 Å². The van der Waals surface area contributed by atoms with Crippen LogP contribution in [0, 0.1) is 12.7 Å². The van der Waals surface area contributed by atoms with Gasteiger partial charge >= 0.3 is 5.69 Å². The average Bonchev–Trinajstić information content (AvgIpc) is 3.61. The van der Waals surface area contributed by atoms with Crippen LogP contribution in [0.5, 0.6) is 5.75 Å². The van der Waals surface area contributed by atoms with Gasteiger partial charge in [0.25, 0.3) is 5.56 Å². The third-order valence-corrected chi connectivity index (χ3v) is 8.44. The number of aliphatic hydroxyl groups is 1. The lowest BCUT2D eigenvalue weighted by Crippen LogP contribution is -2.56. The van der Waals surface area contributed by atoms with Crippen LogP contribution in [0.1, 0.15) is 64.7 Å². The Bertz CT molecular complexity index is 1730. The van der Waals surface area contributed by atoms with Gasteiger partial charge in [0.05, 0.1) is 44.1 Å². The largest absolute Gasteiger partial charge is 0.493 e. The fraction of sp³-hybridized carbons (Fsp3) is 0.500. The molecule has 0 aliphatic rings. The molecule has 238 valence electrons. The van der Waals surface area contributed by atoms with Crippen LogP contribution in [0.15, 0.2) is 40.2 Å². The number of hydrogen-bond acceptors (Lipinski definition) is 9. The topological polar surface area (TPSA) is 142 Å². The number of unbranched alkanes of at least 4 members (excludes halogenated alkanes) is 1. The first-order valence-corrected chi connectivity index (χ1v) is 15.4. The number of halogens is 1. The molecule has 3 heterocycles. The van der Waals surface area contributed by atoms with Crippen LogP contribution in [0.25, 0.3) is 15.2 Å². The van der Waals surface area contributed by atoms with Gasteiger partial charge in [-0.25, -0.2) is 13.8 Å². The molecule has 0 radical (unpaired) electrons. The van der Waals surface area contributed by atoms with Gasteiger partial charge in [0.15, 0.2) is 0 Å². The van der Waals surface area contributed by atoms with E-state index in [1.807, 2.05) is 6.92 Å². The number of benzene rings is 1. The van der Waals surface area contributed by atoms with Crippen molar-refractivity contribution in [3.8, 4) is 10.8 Å². The number of amides is 1. The van der Waals surface area contributed by atoms with Gasteiger partial charge < -0.3 is 19.9 Å². The highest BCUT2D eigenvalue weighted by Crippen LogP contribution is 2.34. The first kappa shape index (κ1) is 33.0. The molecule has 1 aromatic carbocycles. The summed E-state index contributed by atoms with van der Waals surface area (Å²) in [6, 6.07) is 3.82. The lowest BCUT2D eigenvalue weighted by molar-refractivity contribution is -0.129. The first-order chi connectivity index (χ1) is 20.9. The molecule has 4 aromatic rings. The number of nitrogens with one attached hydrogen (secondary N) is 1. The van der Waals surface area contributed by atoms with Gasteiger partial charge in [0.1, 0.15) is 33.0 Å². The molecule has 14 heteroatoms. The number of nitrogens with zero attached hydrogens (tertiary/aromatic N) is 5. The van der Waals surface area contributed by atoms with E-state index in [0.717, 1.165) is 28.7 Å². The summed E-state index contributed by atoms with van der Waals surface area (Å²) in [6.07, 6.45) is 3.69. The Morgan fingerprint density at radius 2 is 1.89 bits per heavy atom. The van der Waals surface area contributed by atoms with E-state index in [9.17, 15) is 23.9 Å². The zero-order chi connectivity index (χ0) is 32.2. The zero-order valence-corrected chi connectivity index (χ0v) is 26.6. The Morgan fingerprint density at radius 3 is 2.52 bits per heavy atom. The third kappa shape index (κ3) is 6.61. The summed E-state index contributed by atoms with van der Waals surface area (Å²) in [5.41, 5.74) is -2.11. The van der Waals surface area contributed by atoms with Crippen molar-refractivity contribution >= 4 is 27.5 Å². The van der Waals surface area contributed by atoms with E-state index in [1.165, 1.54) is 53.8 Å². The van der Waals surface area contributed by atoms with Crippen molar-refractivity contribution in [1.29, 1.82) is 0 Å². The summed E-state index contributed by atoms with van der Waals surface area (Å²) in [5, 5.41) is 21.6. The van der Waals surface area contributed by atoms with Gasteiger partial charge in [-0.1, -0.05) is 24.7 Å². The van der Waals surface area contributed by atoms with Gasteiger partial charge in [0.2, 0.25) is 5.91 Å². The molecule has 0 unspecified atom stereocenters. The summed E-state index contributed by atoms with van der Waals surface area (Å²) < 4.78 is 28.9. The lowest BCUT2D eigenvalue weighted by Gasteiger charge is -2.28. The normalized spacial score (nSPS) is 12.7. The molecule has 4 rings (SSSR count). The van der Waals surface area contributed by atoms with Crippen LogP contribution in [0.4, 0.5) is 4.39 Å². The predicted molar refractivity (Wildman–Crippen MR) is 165 cm³/mol. The molecule has 12 nitrogen and oxygen atoms in total. The van der Waals surface area contributed by atoms with Crippen molar-refractivity contribution in [2.75, 3.05) is 19.8 Å². The Kier molecular flexibility index (Phi) is 10.4. The highest BCUT2D eigenvalue weighted by Gasteiger charge is 2.36. The highest BCUT2D eigenvalue weighted by atomic mass is 32.1. The Balaban J connectivity index is 1.99. The third-order valence-electron chi connectivity index (χ3n) is 7.16. The summed E-state index contributed by atoms with van der Waals surface area (Å²) in [7, 11) is 0. The standard InChI is InChI=1S/C30H39FN6O6S/c1-7-8-14-42-22-10-9-20(31)16-21(22)23(43-15-13-38)17-35-27-24(19(4)26(44-27)37-32-11-12-33-37)25(39)36(29(35)41)30(5,6)28(40)34-18(2)3/h9-12,16,18,23,38H,7-8,13-15,17H2,1-6H3,(H,34,40)/t23-/m0/s1.